The molecule has 0 radical (unpaired) electrons. The van der Waals surface area contributed by atoms with E-state index in [-0.39, 0.29) is 19.6 Å². The van der Waals surface area contributed by atoms with Gasteiger partial charge in [0.1, 0.15) is 13.2 Å². The number of carbonyl (C=O) groups is 2. The van der Waals surface area contributed by atoms with Crippen molar-refractivity contribution in [2.75, 3.05) is 27.4 Å². The molecule has 0 amide bonds. The second-order valence-corrected chi connectivity index (χ2v) is 3.92. The first-order valence-electron chi connectivity index (χ1n) is 5.68. The summed E-state index contributed by atoms with van der Waals surface area (Å²) in [6.45, 7) is 0.297. The Labute approximate surface area is 109 Å². The number of hydrogen-bond acceptors (Lipinski definition) is 8. The Kier molecular flexibility index (Phi) is 3.98. The van der Waals surface area contributed by atoms with Crippen LogP contribution in [0, 0.1) is 0 Å². The Bertz CT molecular complexity index is 404. The summed E-state index contributed by atoms with van der Waals surface area (Å²) < 4.78 is 19.6. The van der Waals surface area contributed by atoms with Crippen LogP contribution in [0.5, 0.6) is 0 Å². The number of ether oxygens (including phenoxy) is 4. The number of rotatable bonds is 4. The lowest BCUT2D eigenvalue weighted by molar-refractivity contribution is -0.143. The molecule has 0 fully saturated rings. The molecule has 0 spiro atoms. The predicted molar refractivity (Wildman–Crippen MR) is 63.0 cm³/mol. The summed E-state index contributed by atoms with van der Waals surface area (Å²) in [6.07, 6.45) is 0.209. The van der Waals surface area contributed by atoms with Crippen molar-refractivity contribution in [1.82, 2.24) is 0 Å². The molecule has 104 valence electrons. The Morgan fingerprint density at radius 3 is 1.84 bits per heavy atom. The van der Waals surface area contributed by atoms with E-state index in [9.17, 15) is 9.59 Å². The third-order valence-corrected chi connectivity index (χ3v) is 2.66. The molecule has 0 saturated heterocycles. The molecule has 0 N–H and O–H groups in total. The van der Waals surface area contributed by atoms with Gasteiger partial charge >= 0.3 is 11.9 Å². The van der Waals surface area contributed by atoms with E-state index < -0.39 is 24.0 Å². The number of esters is 2. The third kappa shape index (κ3) is 3.01. The quantitative estimate of drug-likeness (QED) is 0.628. The standard InChI is InChI=1S/C11H14N2O6/c1-16-10(14)6-4-18-8(12-6)3-9-13-7(5-19-9)11(15)17-2/h6-7H,3-5H2,1-2H3/t6-,7-/m0/s1. The van der Waals surface area contributed by atoms with Crippen LogP contribution in [-0.2, 0) is 28.5 Å². The van der Waals surface area contributed by atoms with Crippen molar-refractivity contribution in [3.63, 3.8) is 0 Å². The van der Waals surface area contributed by atoms with Crippen LogP contribution in [-0.4, -0.2) is 63.3 Å². The van der Waals surface area contributed by atoms with Gasteiger partial charge in [-0.25, -0.2) is 19.6 Å². The summed E-state index contributed by atoms with van der Waals surface area (Å²) in [7, 11) is 2.59. The lowest BCUT2D eigenvalue weighted by atomic mass is 10.3. The van der Waals surface area contributed by atoms with E-state index in [2.05, 4.69) is 19.5 Å². The molecule has 8 heteroatoms. The number of aliphatic imine (C=N–C) groups is 2. The van der Waals surface area contributed by atoms with Crippen molar-refractivity contribution >= 4 is 23.7 Å². The van der Waals surface area contributed by atoms with Crippen molar-refractivity contribution in [3.05, 3.63) is 0 Å². The highest BCUT2D eigenvalue weighted by molar-refractivity contribution is 6.00. The van der Waals surface area contributed by atoms with E-state index >= 15 is 0 Å². The third-order valence-electron chi connectivity index (χ3n) is 2.66. The smallest absolute Gasteiger partial charge is 0.334 e. The van der Waals surface area contributed by atoms with Crippen LogP contribution >= 0.6 is 0 Å². The Morgan fingerprint density at radius 2 is 1.47 bits per heavy atom. The summed E-state index contributed by atoms with van der Waals surface area (Å²) >= 11 is 0. The molecule has 2 rings (SSSR count). The van der Waals surface area contributed by atoms with Gasteiger partial charge in [-0.3, -0.25) is 0 Å². The Balaban J connectivity index is 1.93. The highest BCUT2D eigenvalue weighted by atomic mass is 16.5. The second kappa shape index (κ2) is 5.68. The van der Waals surface area contributed by atoms with Crippen molar-refractivity contribution in [3.8, 4) is 0 Å². The maximum absolute atomic E-state index is 11.2. The molecule has 0 aliphatic carbocycles. The molecule has 0 aromatic carbocycles. The summed E-state index contributed by atoms with van der Waals surface area (Å²) in [6, 6.07) is -1.28. The molecule has 8 nitrogen and oxygen atoms in total. The Hall–Kier alpha value is -2.12. The van der Waals surface area contributed by atoms with Gasteiger partial charge in [-0.05, 0) is 0 Å². The molecule has 0 saturated carbocycles. The monoisotopic (exact) mass is 270 g/mol. The lowest BCUT2D eigenvalue weighted by Crippen LogP contribution is -2.21. The molecule has 2 atom stereocenters. The van der Waals surface area contributed by atoms with Crippen LogP contribution in [0.2, 0.25) is 0 Å². The van der Waals surface area contributed by atoms with E-state index in [0.29, 0.717) is 11.8 Å². The summed E-state index contributed by atoms with van der Waals surface area (Å²) in [5, 5.41) is 0. The molecule has 2 aliphatic heterocycles. The number of nitrogens with zero attached hydrogens (tertiary/aromatic N) is 2. The van der Waals surface area contributed by atoms with Crippen LogP contribution in [0.1, 0.15) is 6.42 Å². The minimum atomic E-state index is -0.640. The van der Waals surface area contributed by atoms with Crippen LogP contribution in [0.15, 0.2) is 9.98 Å². The maximum Gasteiger partial charge on any atom is 0.334 e. The molecule has 2 aliphatic rings. The van der Waals surface area contributed by atoms with Crippen LogP contribution in [0.3, 0.4) is 0 Å². The molecule has 2 heterocycles. The first-order chi connectivity index (χ1) is 9.13. The summed E-state index contributed by atoms with van der Waals surface area (Å²) in [5.74, 6) is -0.201. The summed E-state index contributed by atoms with van der Waals surface area (Å²) in [4.78, 5) is 30.6. The van der Waals surface area contributed by atoms with E-state index in [0.717, 1.165) is 0 Å². The fourth-order valence-electron chi connectivity index (χ4n) is 1.68. The fraction of sp³-hybridized carbons (Fsp3) is 0.636. The molecular weight excluding hydrogens is 256 g/mol. The molecule has 0 aromatic rings. The van der Waals surface area contributed by atoms with Gasteiger partial charge < -0.3 is 18.9 Å². The van der Waals surface area contributed by atoms with E-state index in [1.165, 1.54) is 14.2 Å². The topological polar surface area (TPSA) is 95.8 Å². The van der Waals surface area contributed by atoms with Gasteiger partial charge in [-0.15, -0.1) is 0 Å². The van der Waals surface area contributed by atoms with Crippen LogP contribution in [0.4, 0.5) is 0 Å². The molecular formula is C11H14N2O6. The SMILES string of the molecule is COC(=O)[C@@H]1COC(CC2=N[C@H](C(=O)OC)CO2)=N1. The zero-order valence-corrected chi connectivity index (χ0v) is 10.6. The first kappa shape index (κ1) is 13.3. The lowest BCUT2D eigenvalue weighted by Gasteiger charge is -2.01. The minimum absolute atomic E-state index is 0.149. The number of hydrogen-bond donors (Lipinski definition) is 0. The van der Waals surface area contributed by atoms with Gasteiger partial charge in [0.05, 0.1) is 20.6 Å². The van der Waals surface area contributed by atoms with E-state index in [4.69, 9.17) is 9.47 Å². The normalized spacial score (nSPS) is 24.9. The molecule has 19 heavy (non-hydrogen) atoms. The molecule has 0 unspecified atom stereocenters. The average Bonchev–Trinajstić information content (AvgIpc) is 3.07. The van der Waals surface area contributed by atoms with Gasteiger partial charge in [-0.1, -0.05) is 0 Å². The largest absolute Gasteiger partial charge is 0.478 e. The van der Waals surface area contributed by atoms with Crippen molar-refractivity contribution < 1.29 is 28.5 Å². The highest BCUT2D eigenvalue weighted by Crippen LogP contribution is 2.13. The van der Waals surface area contributed by atoms with Crippen molar-refractivity contribution in [2.45, 2.75) is 18.5 Å². The molecule has 0 bridgehead atoms. The zero-order valence-electron chi connectivity index (χ0n) is 10.6. The Morgan fingerprint density at radius 1 is 1.05 bits per heavy atom. The number of carbonyl (C=O) groups excluding carboxylic acids is 2. The fourth-order valence-corrected chi connectivity index (χ4v) is 1.68. The van der Waals surface area contributed by atoms with Crippen molar-refractivity contribution in [1.29, 1.82) is 0 Å². The maximum atomic E-state index is 11.2. The van der Waals surface area contributed by atoms with Crippen molar-refractivity contribution in [2.24, 2.45) is 9.98 Å². The zero-order chi connectivity index (χ0) is 13.8. The van der Waals surface area contributed by atoms with E-state index in [1.54, 1.807) is 0 Å². The van der Waals surface area contributed by atoms with Gasteiger partial charge in [0, 0.05) is 0 Å². The average molecular weight is 270 g/mol. The van der Waals surface area contributed by atoms with Crippen LogP contribution in [0.25, 0.3) is 0 Å². The van der Waals surface area contributed by atoms with Crippen LogP contribution < -0.4 is 0 Å². The van der Waals surface area contributed by atoms with Gasteiger partial charge in [0.2, 0.25) is 0 Å². The van der Waals surface area contributed by atoms with Gasteiger partial charge in [0.25, 0.3) is 0 Å². The van der Waals surface area contributed by atoms with Gasteiger partial charge in [-0.2, -0.15) is 0 Å². The summed E-state index contributed by atoms with van der Waals surface area (Å²) in [5.41, 5.74) is 0. The minimum Gasteiger partial charge on any atom is -0.478 e. The highest BCUT2D eigenvalue weighted by Gasteiger charge is 2.31. The first-order valence-corrected chi connectivity index (χ1v) is 5.68. The second-order valence-electron chi connectivity index (χ2n) is 3.92. The molecule has 0 aromatic heterocycles. The number of methoxy groups -OCH3 is 2. The predicted octanol–water partition coefficient (Wildman–Crippen LogP) is -0.683. The van der Waals surface area contributed by atoms with E-state index in [1.807, 2.05) is 0 Å². The van der Waals surface area contributed by atoms with Gasteiger partial charge in [0.15, 0.2) is 23.9 Å².